The van der Waals surface area contributed by atoms with Gasteiger partial charge in [-0.05, 0) is 55.0 Å². The number of rotatable bonds is 3. The first-order chi connectivity index (χ1) is 12.5. The zero-order valence-electron chi connectivity index (χ0n) is 14.7. The van der Waals surface area contributed by atoms with Crippen LogP contribution in [0.1, 0.15) is 29.5 Å². The molecule has 0 unspecified atom stereocenters. The van der Waals surface area contributed by atoms with Crippen molar-refractivity contribution < 1.29 is 9.59 Å². The first-order valence-electron chi connectivity index (χ1n) is 8.94. The van der Waals surface area contributed by atoms with Gasteiger partial charge < -0.3 is 10.2 Å². The normalized spacial score (nSPS) is 17.4. The van der Waals surface area contributed by atoms with Gasteiger partial charge in [0.05, 0.1) is 0 Å². The van der Waals surface area contributed by atoms with Crippen LogP contribution in [-0.4, -0.2) is 23.3 Å². The van der Waals surface area contributed by atoms with E-state index in [0.29, 0.717) is 36.6 Å². The Morgan fingerprint density at radius 2 is 1.81 bits per heavy atom. The van der Waals surface area contributed by atoms with Gasteiger partial charge in [-0.1, -0.05) is 41.9 Å². The van der Waals surface area contributed by atoms with E-state index in [0.717, 1.165) is 12.0 Å². The summed E-state index contributed by atoms with van der Waals surface area (Å²) in [6.07, 6.45) is 2.05. The maximum Gasteiger partial charge on any atom is 0.240 e. The molecule has 0 spiro atoms. The summed E-state index contributed by atoms with van der Waals surface area (Å²) < 4.78 is 0. The van der Waals surface area contributed by atoms with Gasteiger partial charge in [0.15, 0.2) is 0 Å². The summed E-state index contributed by atoms with van der Waals surface area (Å²) >= 11 is 6.13. The largest absolute Gasteiger partial charge is 0.337 e. The monoisotopic (exact) mass is 368 g/mol. The van der Waals surface area contributed by atoms with Crippen molar-refractivity contribution in [3.63, 3.8) is 0 Å². The second-order valence-electron chi connectivity index (χ2n) is 7.19. The third-order valence-electron chi connectivity index (χ3n) is 5.53. The molecule has 0 radical (unpaired) electrons. The average molecular weight is 369 g/mol. The molecule has 0 bridgehead atoms. The second kappa shape index (κ2) is 6.44. The van der Waals surface area contributed by atoms with E-state index in [9.17, 15) is 9.59 Å². The van der Waals surface area contributed by atoms with Crippen LogP contribution in [0.15, 0.2) is 42.5 Å². The fourth-order valence-corrected chi connectivity index (χ4v) is 3.79. The quantitative estimate of drug-likeness (QED) is 0.834. The van der Waals surface area contributed by atoms with Gasteiger partial charge in [-0.3, -0.25) is 9.59 Å². The van der Waals surface area contributed by atoms with Crippen molar-refractivity contribution in [2.24, 2.45) is 5.41 Å². The Kier molecular flexibility index (Phi) is 4.23. The Morgan fingerprint density at radius 1 is 1.08 bits per heavy atom. The van der Waals surface area contributed by atoms with Crippen molar-refractivity contribution in [3.05, 3.63) is 64.2 Å². The highest BCUT2D eigenvalue weighted by Gasteiger charge is 2.58. The van der Waals surface area contributed by atoms with Crippen LogP contribution in [0.25, 0.3) is 0 Å². The van der Waals surface area contributed by atoms with Gasteiger partial charge in [-0.25, -0.2) is 0 Å². The Labute approximate surface area is 158 Å². The topological polar surface area (TPSA) is 49.4 Å². The summed E-state index contributed by atoms with van der Waals surface area (Å²) in [6.45, 7) is 3.11. The Balaban J connectivity index is 1.51. The number of benzene rings is 2. The molecule has 1 fully saturated rings. The van der Waals surface area contributed by atoms with E-state index in [1.165, 1.54) is 11.1 Å². The van der Waals surface area contributed by atoms with Gasteiger partial charge in [-0.15, -0.1) is 0 Å². The molecule has 1 N–H and O–H groups in total. The summed E-state index contributed by atoms with van der Waals surface area (Å²) in [4.78, 5) is 27.8. The van der Waals surface area contributed by atoms with E-state index in [2.05, 4.69) is 17.4 Å². The van der Waals surface area contributed by atoms with Crippen LogP contribution in [0, 0.1) is 12.3 Å². The number of hydrogen-bond donors (Lipinski definition) is 1. The van der Waals surface area contributed by atoms with Crippen LogP contribution in [-0.2, 0) is 22.6 Å². The van der Waals surface area contributed by atoms with Crippen LogP contribution >= 0.6 is 11.6 Å². The minimum atomic E-state index is -0.916. The Hall–Kier alpha value is -2.33. The third kappa shape index (κ3) is 2.88. The van der Waals surface area contributed by atoms with Gasteiger partial charge in [0.25, 0.3) is 0 Å². The molecule has 0 saturated heterocycles. The minimum Gasteiger partial charge on any atom is -0.337 e. The highest BCUT2D eigenvalue weighted by Crippen LogP contribution is 2.49. The lowest BCUT2D eigenvalue weighted by molar-refractivity contribution is -0.143. The number of anilines is 1. The summed E-state index contributed by atoms with van der Waals surface area (Å²) in [7, 11) is 0. The van der Waals surface area contributed by atoms with Crippen molar-refractivity contribution in [1.29, 1.82) is 0 Å². The number of halogens is 1. The predicted octanol–water partition coefficient (Wildman–Crippen LogP) is 3.95. The van der Waals surface area contributed by atoms with E-state index >= 15 is 0 Å². The van der Waals surface area contributed by atoms with E-state index in [4.69, 9.17) is 11.6 Å². The summed E-state index contributed by atoms with van der Waals surface area (Å²) in [5.74, 6) is -0.268. The van der Waals surface area contributed by atoms with Gasteiger partial charge in [-0.2, -0.15) is 0 Å². The summed E-state index contributed by atoms with van der Waals surface area (Å²) in [6, 6.07) is 13.6. The molecule has 26 heavy (non-hydrogen) atoms. The van der Waals surface area contributed by atoms with Gasteiger partial charge >= 0.3 is 0 Å². The first-order valence-corrected chi connectivity index (χ1v) is 9.32. The predicted molar refractivity (Wildman–Crippen MR) is 102 cm³/mol. The molecule has 0 aromatic heterocycles. The lowest BCUT2D eigenvalue weighted by atomic mass is 9.97. The van der Waals surface area contributed by atoms with E-state index in [1.807, 2.05) is 30.0 Å². The highest BCUT2D eigenvalue weighted by atomic mass is 35.5. The standard InChI is InChI=1S/C21H21ClN2O2/c1-14-17(22)7-4-8-18(14)23-19(25)21(10-11-21)20(26)24-12-9-15-5-2-3-6-16(15)13-24/h2-8H,9-13H2,1H3,(H,23,25). The molecule has 2 aromatic carbocycles. The van der Waals surface area contributed by atoms with E-state index in [-0.39, 0.29) is 11.8 Å². The molecule has 2 amide bonds. The molecule has 1 heterocycles. The molecular weight excluding hydrogens is 348 g/mol. The molecule has 0 atom stereocenters. The highest BCUT2D eigenvalue weighted by molar-refractivity contribution is 6.31. The van der Waals surface area contributed by atoms with Crippen molar-refractivity contribution in [2.75, 3.05) is 11.9 Å². The summed E-state index contributed by atoms with van der Waals surface area (Å²) in [5.41, 5.74) is 3.04. The first kappa shape index (κ1) is 17.1. The Morgan fingerprint density at radius 3 is 2.54 bits per heavy atom. The van der Waals surface area contributed by atoms with E-state index < -0.39 is 5.41 Å². The molecule has 4 rings (SSSR count). The van der Waals surface area contributed by atoms with Crippen molar-refractivity contribution in [1.82, 2.24) is 4.90 Å². The lowest BCUT2D eigenvalue weighted by Gasteiger charge is -2.31. The molecule has 4 nitrogen and oxygen atoms in total. The minimum absolute atomic E-state index is 0.0517. The van der Waals surface area contributed by atoms with Gasteiger partial charge in [0.2, 0.25) is 11.8 Å². The van der Waals surface area contributed by atoms with Crippen LogP contribution in [0.4, 0.5) is 5.69 Å². The number of hydrogen-bond acceptors (Lipinski definition) is 2. The molecule has 2 aromatic rings. The fraction of sp³-hybridized carbons (Fsp3) is 0.333. The molecule has 134 valence electrons. The third-order valence-corrected chi connectivity index (χ3v) is 5.94. The maximum absolute atomic E-state index is 13.1. The molecule has 5 heteroatoms. The fourth-order valence-electron chi connectivity index (χ4n) is 3.62. The SMILES string of the molecule is Cc1c(Cl)cccc1NC(=O)C1(C(=O)N2CCc3ccccc3C2)CC1. The molecule has 2 aliphatic rings. The van der Waals surface area contributed by atoms with E-state index in [1.54, 1.807) is 12.1 Å². The number of carbonyl (C=O) groups is 2. The zero-order chi connectivity index (χ0) is 18.3. The number of amides is 2. The van der Waals surface area contributed by atoms with Crippen LogP contribution < -0.4 is 5.32 Å². The summed E-state index contributed by atoms with van der Waals surface area (Å²) in [5, 5.41) is 3.53. The van der Waals surface area contributed by atoms with Crippen molar-refractivity contribution >= 4 is 29.1 Å². The molecule has 1 aliphatic heterocycles. The van der Waals surface area contributed by atoms with Gasteiger partial charge in [0.1, 0.15) is 5.41 Å². The number of fused-ring (bicyclic) bond motifs is 1. The number of nitrogens with zero attached hydrogens (tertiary/aromatic N) is 1. The maximum atomic E-state index is 13.1. The van der Waals surface area contributed by atoms with Crippen LogP contribution in [0.3, 0.4) is 0 Å². The van der Waals surface area contributed by atoms with Crippen LogP contribution in [0.5, 0.6) is 0 Å². The Bertz CT molecular complexity index is 889. The van der Waals surface area contributed by atoms with Crippen molar-refractivity contribution in [3.8, 4) is 0 Å². The smallest absolute Gasteiger partial charge is 0.240 e. The van der Waals surface area contributed by atoms with Crippen LogP contribution in [0.2, 0.25) is 5.02 Å². The lowest BCUT2D eigenvalue weighted by Crippen LogP contribution is -2.45. The average Bonchev–Trinajstić information content (AvgIpc) is 3.46. The van der Waals surface area contributed by atoms with Gasteiger partial charge in [0, 0.05) is 23.8 Å². The zero-order valence-corrected chi connectivity index (χ0v) is 15.5. The van der Waals surface area contributed by atoms with Crippen molar-refractivity contribution in [2.45, 2.75) is 32.7 Å². The second-order valence-corrected chi connectivity index (χ2v) is 7.60. The molecule has 1 saturated carbocycles. The number of nitrogens with one attached hydrogen (secondary N) is 1. The molecular formula is C21H21ClN2O2. The molecule has 1 aliphatic carbocycles. The number of carbonyl (C=O) groups excluding carboxylic acids is 2.